The van der Waals surface area contributed by atoms with Crippen LogP contribution in [0, 0.1) is 19.8 Å². The van der Waals surface area contributed by atoms with Gasteiger partial charge >= 0.3 is 0 Å². The van der Waals surface area contributed by atoms with E-state index >= 15 is 0 Å². The summed E-state index contributed by atoms with van der Waals surface area (Å²) in [6.07, 6.45) is 0.315. The summed E-state index contributed by atoms with van der Waals surface area (Å²) < 4.78 is 29.0. The van der Waals surface area contributed by atoms with E-state index < -0.39 is 28.5 Å². The number of hydrogen-bond acceptors (Lipinski definition) is 4. The molecule has 220 valence electrons. The molecule has 0 saturated carbocycles. The number of carbonyl (C=O) groups is 2. The molecule has 1 N–H and O–H groups in total. The third kappa shape index (κ3) is 8.24. The third-order valence-electron chi connectivity index (χ3n) is 6.81. The molecule has 1 unspecified atom stereocenters. The van der Waals surface area contributed by atoms with Crippen molar-refractivity contribution in [3.63, 3.8) is 0 Å². The Morgan fingerprint density at radius 3 is 2.20 bits per heavy atom. The van der Waals surface area contributed by atoms with Crippen LogP contribution >= 0.6 is 23.2 Å². The molecule has 0 saturated heterocycles. The third-order valence-corrected chi connectivity index (χ3v) is 9.19. The van der Waals surface area contributed by atoms with Gasteiger partial charge in [-0.1, -0.05) is 74.3 Å². The van der Waals surface area contributed by atoms with Crippen LogP contribution in [0.1, 0.15) is 43.9 Å². The Balaban J connectivity index is 2.08. The molecule has 0 aliphatic rings. The molecule has 0 aromatic heterocycles. The first-order valence-electron chi connectivity index (χ1n) is 13.5. The topological polar surface area (TPSA) is 86.8 Å². The lowest BCUT2D eigenvalue weighted by molar-refractivity contribution is -0.140. The summed E-state index contributed by atoms with van der Waals surface area (Å²) in [5, 5.41) is 3.70. The second kappa shape index (κ2) is 14.2. The second-order valence-electron chi connectivity index (χ2n) is 10.4. The molecule has 3 aromatic carbocycles. The number of benzene rings is 3. The van der Waals surface area contributed by atoms with Gasteiger partial charge in [0, 0.05) is 23.1 Å². The number of amides is 2. The first-order valence-corrected chi connectivity index (χ1v) is 15.7. The fraction of sp³-hybridized carbons (Fsp3) is 0.355. The number of sulfonamides is 1. The zero-order valence-corrected chi connectivity index (χ0v) is 26.4. The zero-order valence-electron chi connectivity index (χ0n) is 24.0. The van der Waals surface area contributed by atoms with Gasteiger partial charge in [0.05, 0.1) is 10.6 Å². The maximum atomic E-state index is 14.2. The molecular weight excluding hydrogens is 581 g/mol. The number of halogens is 2. The summed E-state index contributed by atoms with van der Waals surface area (Å²) in [6.45, 7) is 9.50. The van der Waals surface area contributed by atoms with E-state index in [1.807, 2.05) is 40.7 Å². The minimum Gasteiger partial charge on any atom is -0.354 e. The predicted molar refractivity (Wildman–Crippen MR) is 166 cm³/mol. The van der Waals surface area contributed by atoms with Crippen LogP contribution in [-0.4, -0.2) is 44.3 Å². The summed E-state index contributed by atoms with van der Waals surface area (Å²) in [5.74, 6) is -0.647. The molecule has 3 aromatic rings. The molecule has 0 spiro atoms. The first-order chi connectivity index (χ1) is 19.3. The van der Waals surface area contributed by atoms with Gasteiger partial charge in [0.25, 0.3) is 10.0 Å². The Morgan fingerprint density at radius 1 is 0.927 bits per heavy atom. The van der Waals surface area contributed by atoms with E-state index in [4.69, 9.17) is 23.2 Å². The van der Waals surface area contributed by atoms with E-state index in [0.29, 0.717) is 34.3 Å². The van der Waals surface area contributed by atoms with Gasteiger partial charge in [0.1, 0.15) is 12.6 Å². The van der Waals surface area contributed by atoms with Crippen molar-refractivity contribution >= 4 is 50.7 Å². The molecule has 0 heterocycles. The van der Waals surface area contributed by atoms with Gasteiger partial charge in [-0.15, -0.1) is 0 Å². The average Bonchev–Trinajstić information content (AvgIpc) is 2.93. The fourth-order valence-electron chi connectivity index (χ4n) is 4.30. The monoisotopic (exact) mass is 617 g/mol. The summed E-state index contributed by atoms with van der Waals surface area (Å²) in [7, 11) is -4.13. The van der Waals surface area contributed by atoms with Crippen LogP contribution < -0.4 is 9.62 Å². The molecule has 0 aliphatic heterocycles. The molecule has 41 heavy (non-hydrogen) atoms. The van der Waals surface area contributed by atoms with Crippen molar-refractivity contribution in [3.05, 3.63) is 93.5 Å². The minimum atomic E-state index is -4.13. The van der Waals surface area contributed by atoms with E-state index in [-0.39, 0.29) is 23.3 Å². The lowest BCUT2D eigenvalue weighted by Gasteiger charge is -2.33. The second-order valence-corrected chi connectivity index (χ2v) is 13.1. The Bertz CT molecular complexity index is 1480. The standard InChI is InChI=1S/C31H37Cl2N3O4S/c1-6-29(31(38)34-18-21(2)3)35(19-24-13-14-25(32)17-28(24)33)30(37)20-36(26-15-12-22(4)23(5)16-26)41(39,40)27-10-8-7-9-11-27/h7-17,21,29H,6,18-20H2,1-5H3,(H,34,38). The van der Waals surface area contributed by atoms with Gasteiger partial charge in [0.2, 0.25) is 11.8 Å². The number of anilines is 1. The van der Waals surface area contributed by atoms with Gasteiger partial charge < -0.3 is 10.2 Å². The van der Waals surface area contributed by atoms with Crippen LogP contribution in [0.15, 0.2) is 71.6 Å². The summed E-state index contributed by atoms with van der Waals surface area (Å²) in [4.78, 5) is 28.9. The van der Waals surface area contributed by atoms with Crippen molar-refractivity contribution in [2.75, 3.05) is 17.4 Å². The van der Waals surface area contributed by atoms with Gasteiger partial charge in [0.15, 0.2) is 0 Å². The molecule has 0 aliphatic carbocycles. The van der Waals surface area contributed by atoms with Crippen molar-refractivity contribution in [2.24, 2.45) is 5.92 Å². The van der Waals surface area contributed by atoms with Gasteiger partial charge in [-0.3, -0.25) is 13.9 Å². The number of nitrogens with one attached hydrogen (secondary N) is 1. The van der Waals surface area contributed by atoms with Crippen LogP contribution in [0.5, 0.6) is 0 Å². The molecule has 2 amide bonds. The maximum Gasteiger partial charge on any atom is 0.264 e. The Labute approximate surface area is 253 Å². The number of rotatable bonds is 12. The molecule has 0 radical (unpaired) electrons. The summed E-state index contributed by atoms with van der Waals surface area (Å²) in [5.41, 5.74) is 2.81. The fourth-order valence-corrected chi connectivity index (χ4v) is 6.20. The normalized spacial score (nSPS) is 12.2. The molecule has 3 rings (SSSR count). The smallest absolute Gasteiger partial charge is 0.264 e. The predicted octanol–water partition coefficient (Wildman–Crippen LogP) is 6.39. The molecular formula is C31H37Cl2N3O4S. The van der Waals surface area contributed by atoms with Crippen LogP contribution in [0.3, 0.4) is 0 Å². The van der Waals surface area contributed by atoms with Crippen LogP contribution in [0.25, 0.3) is 0 Å². The molecule has 1 atom stereocenters. The van der Waals surface area contributed by atoms with Crippen molar-refractivity contribution in [3.8, 4) is 0 Å². The Hall–Kier alpha value is -3.07. The van der Waals surface area contributed by atoms with Gasteiger partial charge in [-0.05, 0) is 79.3 Å². The van der Waals surface area contributed by atoms with Gasteiger partial charge in [-0.2, -0.15) is 0 Å². The number of hydrogen-bond donors (Lipinski definition) is 1. The quantitative estimate of drug-likeness (QED) is 0.255. The van der Waals surface area contributed by atoms with Crippen LogP contribution in [0.2, 0.25) is 10.0 Å². The lowest BCUT2D eigenvalue weighted by Crippen LogP contribution is -2.52. The summed E-state index contributed by atoms with van der Waals surface area (Å²) >= 11 is 12.6. The highest BCUT2D eigenvalue weighted by Gasteiger charge is 2.34. The van der Waals surface area contributed by atoms with Crippen molar-refractivity contribution in [1.29, 1.82) is 0 Å². The SMILES string of the molecule is CCC(C(=O)NCC(C)C)N(Cc1ccc(Cl)cc1Cl)C(=O)CN(c1ccc(C)c(C)c1)S(=O)(=O)c1ccccc1. The van der Waals surface area contributed by atoms with E-state index in [9.17, 15) is 18.0 Å². The van der Waals surface area contributed by atoms with Crippen molar-refractivity contribution in [1.82, 2.24) is 10.2 Å². The Kier molecular flexibility index (Phi) is 11.2. The number of aryl methyl sites for hydroxylation is 2. The first kappa shape index (κ1) is 32.4. The molecule has 0 bridgehead atoms. The van der Waals surface area contributed by atoms with E-state index in [1.165, 1.54) is 17.0 Å². The zero-order chi connectivity index (χ0) is 30.3. The number of carbonyl (C=O) groups excluding carboxylic acids is 2. The van der Waals surface area contributed by atoms with Crippen molar-refractivity contribution in [2.45, 2.75) is 58.5 Å². The molecule has 10 heteroatoms. The van der Waals surface area contributed by atoms with Gasteiger partial charge in [-0.25, -0.2) is 8.42 Å². The minimum absolute atomic E-state index is 0.00537. The number of nitrogens with zero attached hydrogens (tertiary/aromatic N) is 2. The highest BCUT2D eigenvalue weighted by molar-refractivity contribution is 7.92. The van der Waals surface area contributed by atoms with E-state index in [2.05, 4.69) is 5.32 Å². The molecule has 0 fully saturated rings. The molecule has 7 nitrogen and oxygen atoms in total. The van der Waals surface area contributed by atoms with Crippen molar-refractivity contribution < 1.29 is 18.0 Å². The largest absolute Gasteiger partial charge is 0.354 e. The highest BCUT2D eigenvalue weighted by atomic mass is 35.5. The van der Waals surface area contributed by atoms with Crippen LogP contribution in [-0.2, 0) is 26.2 Å². The van der Waals surface area contributed by atoms with Crippen LogP contribution in [0.4, 0.5) is 5.69 Å². The van der Waals surface area contributed by atoms with E-state index in [1.54, 1.807) is 48.5 Å². The highest BCUT2D eigenvalue weighted by Crippen LogP contribution is 2.28. The van der Waals surface area contributed by atoms with E-state index in [0.717, 1.165) is 15.4 Å². The Morgan fingerprint density at radius 2 is 1.61 bits per heavy atom. The maximum absolute atomic E-state index is 14.2. The average molecular weight is 619 g/mol. The lowest BCUT2D eigenvalue weighted by atomic mass is 10.1. The summed E-state index contributed by atoms with van der Waals surface area (Å²) in [6, 6.07) is 17.3.